The van der Waals surface area contributed by atoms with Gasteiger partial charge in [0.15, 0.2) is 15.6 Å². The molecule has 0 amide bonds. The molecule has 1 saturated heterocycles. The minimum absolute atomic E-state index is 0.00516. The van der Waals surface area contributed by atoms with Gasteiger partial charge in [-0.15, -0.1) is 0 Å². The average Bonchev–Trinajstić information content (AvgIpc) is 3.17. The summed E-state index contributed by atoms with van der Waals surface area (Å²) in [6.07, 6.45) is 1.61. The summed E-state index contributed by atoms with van der Waals surface area (Å²) < 4.78 is 40.4. The van der Waals surface area contributed by atoms with Gasteiger partial charge in [0, 0.05) is 24.7 Å². The van der Waals surface area contributed by atoms with Crippen molar-refractivity contribution in [1.29, 1.82) is 0 Å². The number of hydrogen-bond donors (Lipinski definition) is 1. The summed E-state index contributed by atoms with van der Waals surface area (Å²) in [7, 11) is -1.90. The van der Waals surface area contributed by atoms with Crippen molar-refractivity contribution in [3.8, 4) is 0 Å². The first-order valence-electron chi connectivity index (χ1n) is 10.4. The maximum Gasteiger partial charge on any atom is 0.205 e. The predicted octanol–water partition coefficient (Wildman–Crippen LogP) is 2.27. The number of halogens is 1. The Morgan fingerprint density at radius 3 is 2.67 bits per heavy atom. The van der Waals surface area contributed by atoms with Crippen LogP contribution in [0.15, 0.2) is 41.5 Å². The molecule has 2 aliphatic heterocycles. The number of pyridine rings is 1. The van der Waals surface area contributed by atoms with Crippen LogP contribution in [0.3, 0.4) is 0 Å². The van der Waals surface area contributed by atoms with Crippen LogP contribution in [0, 0.1) is 12.4 Å². The second-order valence-corrected chi connectivity index (χ2v) is 11.2. The predicted molar refractivity (Wildman–Crippen MR) is 123 cm³/mol. The van der Waals surface area contributed by atoms with E-state index in [0.29, 0.717) is 24.2 Å². The summed E-state index contributed by atoms with van der Waals surface area (Å²) in [5.41, 5.74) is 5.92. The SMILES string of the molecule is [C-]#[N+]c1ccc(C(=O)Cc2ccc(F)c([C@]3(C)CS(=O)(=O)C4(CCN(C)C4)C(N)=N3)c2)nc1. The number of nitrogens with zero attached hydrogens (tertiary/aromatic N) is 4. The van der Waals surface area contributed by atoms with Crippen molar-refractivity contribution in [3.05, 3.63) is 70.6 Å². The zero-order valence-electron chi connectivity index (χ0n) is 18.4. The molecular formula is C23H24FN5O3S. The Morgan fingerprint density at radius 2 is 2.09 bits per heavy atom. The first kappa shape index (κ1) is 23.0. The molecule has 1 spiro atoms. The highest BCUT2D eigenvalue weighted by molar-refractivity contribution is 7.93. The highest BCUT2D eigenvalue weighted by Crippen LogP contribution is 2.41. The summed E-state index contributed by atoms with van der Waals surface area (Å²) in [4.78, 5) is 26.3. The highest BCUT2D eigenvalue weighted by Gasteiger charge is 2.57. The summed E-state index contributed by atoms with van der Waals surface area (Å²) in [5, 5.41) is 0. The highest BCUT2D eigenvalue weighted by atomic mass is 32.2. The smallest absolute Gasteiger partial charge is 0.205 e. The summed E-state index contributed by atoms with van der Waals surface area (Å²) >= 11 is 0. The number of carbonyl (C=O) groups is 1. The molecule has 0 saturated carbocycles. The van der Waals surface area contributed by atoms with Crippen LogP contribution in [0.2, 0.25) is 0 Å². The molecule has 172 valence electrons. The average molecular weight is 470 g/mol. The largest absolute Gasteiger partial charge is 0.386 e. The number of rotatable bonds is 4. The number of hydrogen-bond acceptors (Lipinski definition) is 7. The van der Waals surface area contributed by atoms with Crippen LogP contribution in [-0.4, -0.2) is 60.6 Å². The van der Waals surface area contributed by atoms with Gasteiger partial charge in [-0.2, -0.15) is 0 Å². The van der Waals surface area contributed by atoms with Gasteiger partial charge in [0.1, 0.15) is 27.6 Å². The minimum atomic E-state index is -3.73. The van der Waals surface area contributed by atoms with Crippen molar-refractivity contribution in [3.63, 3.8) is 0 Å². The third-order valence-corrected chi connectivity index (χ3v) is 9.14. The molecule has 4 rings (SSSR count). The van der Waals surface area contributed by atoms with Gasteiger partial charge in [-0.05, 0) is 50.7 Å². The van der Waals surface area contributed by atoms with Crippen LogP contribution in [0.4, 0.5) is 10.1 Å². The molecule has 0 bridgehead atoms. The number of aliphatic imine (C=N–C) groups is 1. The van der Waals surface area contributed by atoms with E-state index in [1.807, 2.05) is 11.9 Å². The second-order valence-electron chi connectivity index (χ2n) is 8.94. The number of carbonyl (C=O) groups excluding carboxylic acids is 1. The third kappa shape index (κ3) is 3.92. The Balaban J connectivity index is 1.67. The molecule has 2 aliphatic rings. The van der Waals surface area contributed by atoms with Crippen LogP contribution in [0.5, 0.6) is 0 Å². The van der Waals surface area contributed by atoms with E-state index < -0.39 is 25.9 Å². The zero-order chi connectivity index (χ0) is 24.0. The standard InChI is InChI=1S/C23H24FN5O3S/c1-22(14-33(31,32)23(21(25)28-22)8-9-29(3)13-23)17-10-15(4-6-18(17)24)11-20(30)19-7-5-16(26-2)12-27-19/h4-7,10,12H,8-9,11,13-14H2,1,3H3,(H2,25,28)/t22-,23?/m0/s1. The molecule has 2 aromatic rings. The molecule has 33 heavy (non-hydrogen) atoms. The van der Waals surface area contributed by atoms with Crippen molar-refractivity contribution in [2.24, 2.45) is 10.7 Å². The van der Waals surface area contributed by atoms with Crippen molar-refractivity contribution >= 4 is 27.1 Å². The Bertz CT molecular complexity index is 1300. The number of sulfone groups is 1. The summed E-state index contributed by atoms with van der Waals surface area (Å²) in [5.74, 6) is -1.28. The lowest BCUT2D eigenvalue weighted by Crippen LogP contribution is -2.59. The Morgan fingerprint density at radius 1 is 1.33 bits per heavy atom. The quantitative estimate of drug-likeness (QED) is 0.543. The molecule has 1 unspecified atom stereocenters. The number of aromatic nitrogens is 1. The monoisotopic (exact) mass is 469 g/mol. The van der Waals surface area contributed by atoms with Crippen LogP contribution in [-0.2, 0) is 21.8 Å². The molecule has 3 heterocycles. The lowest BCUT2D eigenvalue weighted by atomic mass is 9.90. The molecular weight excluding hydrogens is 445 g/mol. The van der Waals surface area contributed by atoms with Gasteiger partial charge < -0.3 is 10.6 Å². The first-order chi connectivity index (χ1) is 15.5. The van der Waals surface area contributed by atoms with E-state index in [1.54, 1.807) is 6.92 Å². The van der Waals surface area contributed by atoms with E-state index in [1.165, 1.54) is 36.5 Å². The van der Waals surface area contributed by atoms with E-state index >= 15 is 0 Å². The molecule has 10 heteroatoms. The molecule has 8 nitrogen and oxygen atoms in total. The molecule has 0 aliphatic carbocycles. The van der Waals surface area contributed by atoms with Crippen LogP contribution < -0.4 is 5.73 Å². The maximum absolute atomic E-state index is 14.9. The Hall–Kier alpha value is -3.16. The van der Waals surface area contributed by atoms with Crippen molar-refractivity contribution in [1.82, 2.24) is 9.88 Å². The van der Waals surface area contributed by atoms with Crippen LogP contribution >= 0.6 is 0 Å². The van der Waals surface area contributed by atoms with Crippen molar-refractivity contribution < 1.29 is 17.6 Å². The molecule has 2 N–H and O–H groups in total. The van der Waals surface area contributed by atoms with Crippen LogP contribution in [0.25, 0.3) is 4.85 Å². The number of benzene rings is 1. The van der Waals surface area contributed by atoms with E-state index in [2.05, 4.69) is 14.8 Å². The third-order valence-electron chi connectivity index (χ3n) is 6.46. The molecule has 1 aromatic carbocycles. The summed E-state index contributed by atoms with van der Waals surface area (Å²) in [6, 6.07) is 7.14. The summed E-state index contributed by atoms with van der Waals surface area (Å²) in [6.45, 7) is 9.37. The van der Waals surface area contributed by atoms with Crippen LogP contribution in [0.1, 0.15) is 35.0 Å². The van der Waals surface area contributed by atoms with Gasteiger partial charge >= 0.3 is 0 Å². The topological polar surface area (TPSA) is 110 Å². The minimum Gasteiger partial charge on any atom is -0.386 e. The lowest BCUT2D eigenvalue weighted by molar-refractivity contribution is 0.0988. The number of ketones is 1. The normalized spacial score (nSPS) is 26.7. The Kier molecular flexibility index (Phi) is 5.58. The fourth-order valence-electron chi connectivity index (χ4n) is 4.62. The lowest BCUT2D eigenvalue weighted by Gasteiger charge is -2.39. The molecule has 0 radical (unpaired) electrons. The van der Waals surface area contributed by atoms with Gasteiger partial charge in [-0.25, -0.2) is 17.7 Å². The van der Waals surface area contributed by atoms with E-state index in [4.69, 9.17) is 12.3 Å². The first-order valence-corrected chi connectivity index (χ1v) is 12.1. The van der Waals surface area contributed by atoms with Gasteiger partial charge in [0.05, 0.1) is 12.3 Å². The Labute approximate surface area is 192 Å². The number of nitrogens with two attached hydrogens (primary N) is 1. The van der Waals surface area contributed by atoms with Gasteiger partial charge in [0.25, 0.3) is 0 Å². The van der Waals surface area contributed by atoms with Crippen molar-refractivity contribution in [2.75, 3.05) is 25.9 Å². The number of amidine groups is 1. The molecule has 2 atom stereocenters. The zero-order valence-corrected chi connectivity index (χ0v) is 19.2. The maximum atomic E-state index is 14.9. The number of likely N-dealkylation sites (tertiary alicyclic amines) is 1. The number of Topliss-reactive ketones (excluding diaryl/α,β-unsaturated/α-hetero) is 1. The van der Waals surface area contributed by atoms with E-state index in [9.17, 15) is 17.6 Å². The molecule has 1 fully saturated rings. The van der Waals surface area contributed by atoms with Gasteiger partial charge in [-0.1, -0.05) is 12.1 Å². The fourth-order valence-corrected chi connectivity index (χ4v) is 7.04. The van der Waals surface area contributed by atoms with Gasteiger partial charge in [0.2, 0.25) is 5.69 Å². The van der Waals surface area contributed by atoms with E-state index in [-0.39, 0.29) is 41.6 Å². The fraction of sp³-hybridized carbons (Fsp3) is 0.391. The molecule has 1 aromatic heterocycles. The van der Waals surface area contributed by atoms with Crippen molar-refractivity contribution in [2.45, 2.75) is 30.1 Å². The van der Waals surface area contributed by atoms with E-state index in [0.717, 1.165) is 0 Å². The van der Waals surface area contributed by atoms with Gasteiger partial charge in [-0.3, -0.25) is 14.8 Å². The second kappa shape index (κ2) is 8.01.